The SMILES string of the molecule is CC(C)(O)[C@@H]1Cc2cc3c(=O)c(-c4ccc(O)cc4)coc3cc2O1. The lowest BCUT2D eigenvalue weighted by Gasteiger charge is -2.24. The standard InChI is InChI=1S/C20H18O5/c1-20(2,23)18-8-12-7-14-17(9-16(12)25-18)24-10-15(19(14)22)11-3-5-13(21)6-4-11/h3-7,9-10,18,21,23H,8H2,1-2H3/t18-/m0/s1. The van der Waals surface area contributed by atoms with E-state index in [0.717, 1.165) is 5.56 Å². The molecule has 4 rings (SSSR count). The van der Waals surface area contributed by atoms with Crippen LogP contribution in [0.4, 0.5) is 0 Å². The number of phenolic OH excluding ortho intramolecular Hbond substituents is 1. The molecule has 25 heavy (non-hydrogen) atoms. The number of benzene rings is 2. The van der Waals surface area contributed by atoms with E-state index >= 15 is 0 Å². The third kappa shape index (κ3) is 2.66. The average Bonchev–Trinajstić information content (AvgIpc) is 2.98. The van der Waals surface area contributed by atoms with E-state index in [1.807, 2.05) is 0 Å². The Morgan fingerprint density at radius 3 is 2.56 bits per heavy atom. The van der Waals surface area contributed by atoms with Crippen LogP contribution < -0.4 is 10.2 Å². The summed E-state index contributed by atoms with van der Waals surface area (Å²) < 4.78 is 11.5. The van der Waals surface area contributed by atoms with Crippen LogP contribution in [0.25, 0.3) is 22.1 Å². The highest BCUT2D eigenvalue weighted by Gasteiger charge is 2.35. The number of rotatable bonds is 2. The fraction of sp³-hybridized carbons (Fsp3) is 0.250. The minimum Gasteiger partial charge on any atom is -0.508 e. The quantitative estimate of drug-likeness (QED) is 0.750. The van der Waals surface area contributed by atoms with Crippen molar-refractivity contribution >= 4 is 11.0 Å². The molecule has 0 aliphatic carbocycles. The molecule has 0 amide bonds. The lowest BCUT2D eigenvalue weighted by atomic mass is 9.96. The Morgan fingerprint density at radius 1 is 1.16 bits per heavy atom. The zero-order chi connectivity index (χ0) is 17.8. The molecule has 128 valence electrons. The van der Waals surface area contributed by atoms with E-state index < -0.39 is 5.60 Å². The largest absolute Gasteiger partial charge is 0.508 e. The van der Waals surface area contributed by atoms with Crippen molar-refractivity contribution in [1.29, 1.82) is 0 Å². The topological polar surface area (TPSA) is 79.9 Å². The smallest absolute Gasteiger partial charge is 0.200 e. The maximum Gasteiger partial charge on any atom is 0.200 e. The van der Waals surface area contributed by atoms with Crippen LogP contribution in [-0.2, 0) is 6.42 Å². The first-order chi connectivity index (χ1) is 11.8. The van der Waals surface area contributed by atoms with Gasteiger partial charge in [0.25, 0.3) is 0 Å². The summed E-state index contributed by atoms with van der Waals surface area (Å²) in [6.45, 7) is 3.41. The molecule has 1 atom stereocenters. The van der Waals surface area contributed by atoms with Crippen molar-refractivity contribution in [2.24, 2.45) is 0 Å². The lowest BCUT2D eigenvalue weighted by Crippen LogP contribution is -2.39. The number of aliphatic hydroxyl groups is 1. The van der Waals surface area contributed by atoms with Crippen molar-refractivity contribution in [3.8, 4) is 22.6 Å². The molecule has 5 heteroatoms. The van der Waals surface area contributed by atoms with Crippen LogP contribution in [0.3, 0.4) is 0 Å². The molecule has 2 aromatic carbocycles. The van der Waals surface area contributed by atoms with Gasteiger partial charge in [0, 0.05) is 12.5 Å². The van der Waals surface area contributed by atoms with Gasteiger partial charge in [-0.1, -0.05) is 12.1 Å². The van der Waals surface area contributed by atoms with E-state index in [-0.39, 0.29) is 17.3 Å². The van der Waals surface area contributed by atoms with E-state index in [2.05, 4.69) is 0 Å². The van der Waals surface area contributed by atoms with Gasteiger partial charge < -0.3 is 19.4 Å². The minimum atomic E-state index is -0.972. The first kappa shape index (κ1) is 15.7. The third-order valence-electron chi connectivity index (χ3n) is 4.60. The van der Waals surface area contributed by atoms with Crippen LogP contribution in [0.2, 0.25) is 0 Å². The van der Waals surface area contributed by atoms with Gasteiger partial charge in [0.1, 0.15) is 29.4 Å². The predicted molar refractivity (Wildman–Crippen MR) is 94.0 cm³/mol. The zero-order valence-corrected chi connectivity index (χ0v) is 13.9. The van der Waals surface area contributed by atoms with Crippen molar-refractivity contribution in [3.05, 3.63) is 58.4 Å². The molecular formula is C20H18O5. The average molecular weight is 338 g/mol. The molecule has 1 aliphatic heterocycles. The van der Waals surface area contributed by atoms with Gasteiger partial charge >= 0.3 is 0 Å². The van der Waals surface area contributed by atoms with Crippen LogP contribution in [0, 0.1) is 0 Å². The number of fused-ring (bicyclic) bond motifs is 2. The summed E-state index contributed by atoms with van der Waals surface area (Å²) in [5, 5.41) is 20.0. The first-order valence-electron chi connectivity index (χ1n) is 8.10. The fourth-order valence-corrected chi connectivity index (χ4v) is 3.10. The summed E-state index contributed by atoms with van der Waals surface area (Å²) in [5.41, 5.74) is 1.34. The summed E-state index contributed by atoms with van der Waals surface area (Å²) in [7, 11) is 0. The third-order valence-corrected chi connectivity index (χ3v) is 4.60. The summed E-state index contributed by atoms with van der Waals surface area (Å²) >= 11 is 0. The molecule has 0 unspecified atom stereocenters. The Balaban J connectivity index is 1.83. The van der Waals surface area contributed by atoms with Gasteiger partial charge in [-0.25, -0.2) is 0 Å². The van der Waals surface area contributed by atoms with Gasteiger partial charge in [-0.05, 0) is 43.2 Å². The first-order valence-corrected chi connectivity index (χ1v) is 8.10. The minimum absolute atomic E-state index is 0.138. The summed E-state index contributed by atoms with van der Waals surface area (Å²) in [6.07, 6.45) is 1.61. The number of phenols is 1. The molecule has 2 heterocycles. The summed E-state index contributed by atoms with van der Waals surface area (Å²) in [5.74, 6) is 0.779. The predicted octanol–water partition coefficient (Wildman–Crippen LogP) is 3.24. The number of ether oxygens (including phenoxy) is 1. The number of hydrogen-bond acceptors (Lipinski definition) is 5. The highest BCUT2D eigenvalue weighted by atomic mass is 16.5. The van der Waals surface area contributed by atoms with Crippen molar-refractivity contribution in [3.63, 3.8) is 0 Å². The van der Waals surface area contributed by atoms with Crippen LogP contribution in [-0.4, -0.2) is 21.9 Å². The van der Waals surface area contributed by atoms with Crippen LogP contribution in [0.1, 0.15) is 19.4 Å². The van der Waals surface area contributed by atoms with Gasteiger partial charge in [-0.3, -0.25) is 4.79 Å². The number of aromatic hydroxyl groups is 1. The summed E-state index contributed by atoms with van der Waals surface area (Å²) in [6, 6.07) is 9.90. The second-order valence-electron chi connectivity index (χ2n) is 6.95. The molecule has 0 fully saturated rings. The molecule has 0 radical (unpaired) electrons. The van der Waals surface area contributed by atoms with Gasteiger partial charge in [0.15, 0.2) is 0 Å². The highest BCUT2D eigenvalue weighted by molar-refractivity contribution is 5.84. The Bertz CT molecular complexity index is 1010. The molecule has 1 aliphatic rings. The molecule has 0 saturated heterocycles. The highest BCUT2D eigenvalue weighted by Crippen LogP contribution is 2.36. The fourth-order valence-electron chi connectivity index (χ4n) is 3.10. The molecule has 0 spiro atoms. The van der Waals surface area contributed by atoms with Crippen molar-refractivity contribution < 1.29 is 19.4 Å². The van der Waals surface area contributed by atoms with Crippen molar-refractivity contribution in [2.75, 3.05) is 0 Å². The zero-order valence-electron chi connectivity index (χ0n) is 13.9. The second-order valence-corrected chi connectivity index (χ2v) is 6.95. The monoisotopic (exact) mass is 338 g/mol. The van der Waals surface area contributed by atoms with E-state index in [1.165, 1.54) is 18.4 Å². The van der Waals surface area contributed by atoms with E-state index in [4.69, 9.17) is 9.15 Å². The Hall–Kier alpha value is -2.79. The molecule has 0 saturated carbocycles. The van der Waals surface area contributed by atoms with Crippen molar-refractivity contribution in [2.45, 2.75) is 32.0 Å². The molecule has 5 nitrogen and oxygen atoms in total. The van der Waals surface area contributed by atoms with Crippen LogP contribution in [0.5, 0.6) is 11.5 Å². The summed E-state index contributed by atoms with van der Waals surface area (Å²) in [4.78, 5) is 12.9. The van der Waals surface area contributed by atoms with Gasteiger partial charge in [-0.2, -0.15) is 0 Å². The lowest BCUT2D eigenvalue weighted by molar-refractivity contribution is -0.0229. The number of hydrogen-bond donors (Lipinski definition) is 2. The maximum absolute atomic E-state index is 12.9. The Labute approximate surface area is 144 Å². The molecule has 0 bridgehead atoms. The molecule has 2 N–H and O–H groups in total. The van der Waals surface area contributed by atoms with Gasteiger partial charge in [-0.15, -0.1) is 0 Å². The molecular weight excluding hydrogens is 320 g/mol. The van der Waals surface area contributed by atoms with Crippen molar-refractivity contribution in [1.82, 2.24) is 0 Å². The van der Waals surface area contributed by atoms with Crippen LogP contribution >= 0.6 is 0 Å². The van der Waals surface area contributed by atoms with E-state index in [0.29, 0.717) is 34.3 Å². The van der Waals surface area contributed by atoms with Crippen LogP contribution in [0.15, 0.2) is 51.9 Å². The van der Waals surface area contributed by atoms with Gasteiger partial charge in [0.2, 0.25) is 5.43 Å². The van der Waals surface area contributed by atoms with Gasteiger partial charge in [0.05, 0.1) is 16.6 Å². The maximum atomic E-state index is 12.9. The van der Waals surface area contributed by atoms with E-state index in [9.17, 15) is 15.0 Å². The Kier molecular flexibility index (Phi) is 3.37. The van der Waals surface area contributed by atoms with E-state index in [1.54, 1.807) is 38.1 Å². The normalized spacial score (nSPS) is 16.7. The Morgan fingerprint density at radius 2 is 1.88 bits per heavy atom. The second kappa shape index (κ2) is 5.36. The molecule has 3 aromatic rings. The molecule has 1 aromatic heterocycles.